The minimum Gasteiger partial charge on any atom is -0.496 e. The number of ether oxygens (including phenoxy) is 3. The van der Waals surface area contributed by atoms with Crippen molar-refractivity contribution >= 4 is 11.4 Å². The average Bonchev–Trinajstić information content (AvgIpc) is 3.07. The number of methoxy groups -OCH3 is 1. The molecule has 4 rings (SSSR count). The van der Waals surface area contributed by atoms with Gasteiger partial charge >= 0.3 is 0 Å². The van der Waals surface area contributed by atoms with Gasteiger partial charge in [-0.15, -0.1) is 0 Å². The van der Waals surface area contributed by atoms with Crippen LogP contribution in [0.1, 0.15) is 11.1 Å². The summed E-state index contributed by atoms with van der Waals surface area (Å²) in [5.74, 6) is 2.30. The van der Waals surface area contributed by atoms with Gasteiger partial charge in [-0.1, -0.05) is 6.07 Å². The van der Waals surface area contributed by atoms with Gasteiger partial charge in [-0.25, -0.2) is 0 Å². The van der Waals surface area contributed by atoms with Gasteiger partial charge in [0.2, 0.25) is 6.79 Å². The van der Waals surface area contributed by atoms with Crippen LogP contribution in [0.25, 0.3) is 5.70 Å². The van der Waals surface area contributed by atoms with Crippen molar-refractivity contribution in [2.24, 2.45) is 0 Å². The Labute approximate surface area is 134 Å². The lowest BCUT2D eigenvalue weighted by atomic mass is 9.94. The highest BCUT2D eigenvalue weighted by Gasteiger charge is 2.23. The van der Waals surface area contributed by atoms with Crippen molar-refractivity contribution in [3.05, 3.63) is 53.1 Å². The van der Waals surface area contributed by atoms with E-state index in [0.29, 0.717) is 6.42 Å². The topological polar surface area (TPSA) is 60.0 Å². The normalized spacial score (nSPS) is 15.2. The summed E-state index contributed by atoms with van der Waals surface area (Å²) < 4.78 is 16.2. The summed E-state index contributed by atoms with van der Waals surface area (Å²) in [5.41, 5.74) is 4.84. The predicted octanol–water partition coefficient (Wildman–Crippen LogP) is 2.80. The van der Waals surface area contributed by atoms with Crippen LogP contribution < -0.4 is 19.5 Å². The molecule has 5 nitrogen and oxygen atoms in total. The summed E-state index contributed by atoms with van der Waals surface area (Å²) in [6.07, 6.45) is 0.645. The van der Waals surface area contributed by atoms with Gasteiger partial charge in [-0.2, -0.15) is 0 Å². The third kappa shape index (κ3) is 2.29. The van der Waals surface area contributed by atoms with Crippen LogP contribution in [-0.4, -0.2) is 25.6 Å². The van der Waals surface area contributed by atoms with E-state index >= 15 is 0 Å². The van der Waals surface area contributed by atoms with E-state index in [1.807, 2.05) is 36.4 Å². The maximum absolute atomic E-state index is 9.81. The predicted molar refractivity (Wildman–Crippen MR) is 86.9 cm³/mol. The Morgan fingerprint density at radius 2 is 2.04 bits per heavy atom. The zero-order valence-corrected chi connectivity index (χ0v) is 12.8. The second-order valence-electron chi connectivity index (χ2n) is 5.49. The van der Waals surface area contributed by atoms with Crippen molar-refractivity contribution in [2.45, 2.75) is 6.42 Å². The molecule has 0 unspecified atom stereocenters. The molecule has 0 radical (unpaired) electrons. The van der Waals surface area contributed by atoms with Crippen molar-refractivity contribution in [2.75, 3.05) is 25.8 Å². The first-order valence-electron chi connectivity index (χ1n) is 7.46. The molecule has 5 heteroatoms. The van der Waals surface area contributed by atoms with Crippen molar-refractivity contribution in [3.63, 3.8) is 0 Å². The highest BCUT2D eigenvalue weighted by atomic mass is 16.7. The number of aliphatic hydroxyl groups excluding tert-OH is 1. The highest BCUT2D eigenvalue weighted by Crippen LogP contribution is 2.40. The van der Waals surface area contributed by atoms with Gasteiger partial charge in [-0.05, 0) is 35.9 Å². The average molecular weight is 311 g/mol. The molecule has 0 aromatic heterocycles. The molecule has 0 amide bonds. The summed E-state index contributed by atoms with van der Waals surface area (Å²) in [5, 5.41) is 13.2. The summed E-state index contributed by atoms with van der Waals surface area (Å²) in [6, 6.07) is 11.7. The molecule has 2 N–H and O–H groups in total. The van der Waals surface area contributed by atoms with Gasteiger partial charge in [0, 0.05) is 28.9 Å². The van der Waals surface area contributed by atoms with Gasteiger partial charge in [-0.3, -0.25) is 0 Å². The zero-order chi connectivity index (χ0) is 15.8. The maximum Gasteiger partial charge on any atom is 0.231 e. The van der Waals surface area contributed by atoms with Crippen LogP contribution in [0.2, 0.25) is 0 Å². The first kappa shape index (κ1) is 14.0. The molecule has 0 aliphatic carbocycles. The number of hydrogen-bond donors (Lipinski definition) is 2. The molecule has 0 atom stereocenters. The summed E-state index contributed by atoms with van der Waals surface area (Å²) in [7, 11) is 1.66. The van der Waals surface area contributed by atoms with Gasteiger partial charge in [0.25, 0.3) is 0 Å². The second kappa shape index (κ2) is 5.52. The molecule has 2 aromatic carbocycles. The number of hydrogen-bond acceptors (Lipinski definition) is 5. The highest BCUT2D eigenvalue weighted by molar-refractivity contribution is 5.85. The first-order chi connectivity index (χ1) is 11.3. The minimum atomic E-state index is -0.0196. The molecule has 0 spiro atoms. The monoisotopic (exact) mass is 311 g/mol. The Morgan fingerprint density at radius 1 is 1.17 bits per heavy atom. The van der Waals surface area contributed by atoms with Crippen LogP contribution in [0.3, 0.4) is 0 Å². The standard InChI is InChI=1S/C18H17NO4/c1-21-15-4-2-3-14-13(15)7-12(9-20)18(19-14)11-5-6-16-17(8-11)23-10-22-16/h2-6,8,19-20H,7,9-10H2,1H3. The van der Waals surface area contributed by atoms with Gasteiger partial charge in [0.05, 0.1) is 13.7 Å². The van der Waals surface area contributed by atoms with Crippen molar-refractivity contribution in [3.8, 4) is 17.2 Å². The molecule has 118 valence electrons. The van der Waals surface area contributed by atoms with Crippen LogP contribution in [0.5, 0.6) is 17.2 Å². The van der Waals surface area contributed by atoms with Crippen LogP contribution >= 0.6 is 0 Å². The van der Waals surface area contributed by atoms with E-state index in [0.717, 1.165) is 45.3 Å². The van der Waals surface area contributed by atoms with E-state index in [9.17, 15) is 5.11 Å². The molecular weight excluding hydrogens is 294 g/mol. The Balaban J connectivity index is 1.77. The fraction of sp³-hybridized carbons (Fsp3) is 0.222. The van der Waals surface area contributed by atoms with Gasteiger partial charge in [0.1, 0.15) is 5.75 Å². The molecule has 23 heavy (non-hydrogen) atoms. The lowest BCUT2D eigenvalue weighted by Gasteiger charge is -2.25. The number of fused-ring (bicyclic) bond motifs is 2. The largest absolute Gasteiger partial charge is 0.496 e. The minimum absolute atomic E-state index is 0.0196. The van der Waals surface area contributed by atoms with Crippen LogP contribution in [0.4, 0.5) is 5.69 Å². The third-order valence-electron chi connectivity index (χ3n) is 4.21. The van der Waals surface area contributed by atoms with Crippen molar-refractivity contribution < 1.29 is 19.3 Å². The fourth-order valence-corrected chi connectivity index (χ4v) is 3.04. The van der Waals surface area contributed by atoms with Crippen LogP contribution in [-0.2, 0) is 6.42 Å². The molecule has 2 heterocycles. The number of benzene rings is 2. The molecule has 2 aromatic rings. The van der Waals surface area contributed by atoms with Gasteiger partial charge < -0.3 is 24.6 Å². The summed E-state index contributed by atoms with van der Waals surface area (Å²) >= 11 is 0. The molecule has 0 saturated carbocycles. The lowest BCUT2D eigenvalue weighted by molar-refractivity contribution is 0.174. The van der Waals surface area contributed by atoms with E-state index in [-0.39, 0.29) is 13.4 Å². The Morgan fingerprint density at radius 3 is 2.87 bits per heavy atom. The third-order valence-corrected chi connectivity index (χ3v) is 4.21. The molecule has 2 aliphatic rings. The molecule has 2 aliphatic heterocycles. The smallest absolute Gasteiger partial charge is 0.231 e. The van der Waals surface area contributed by atoms with E-state index in [1.165, 1.54) is 0 Å². The summed E-state index contributed by atoms with van der Waals surface area (Å²) in [4.78, 5) is 0. The van der Waals surface area contributed by atoms with E-state index < -0.39 is 0 Å². The Bertz CT molecular complexity index is 798. The van der Waals surface area contributed by atoms with Crippen LogP contribution in [0, 0.1) is 0 Å². The van der Waals surface area contributed by atoms with E-state index in [2.05, 4.69) is 5.32 Å². The first-order valence-corrected chi connectivity index (χ1v) is 7.46. The SMILES string of the molecule is COc1cccc2c1CC(CO)=C(c1ccc3c(c1)OCO3)N2. The van der Waals surface area contributed by atoms with Crippen molar-refractivity contribution in [1.82, 2.24) is 0 Å². The Hall–Kier alpha value is -2.66. The number of aliphatic hydroxyl groups is 1. The quantitative estimate of drug-likeness (QED) is 0.913. The lowest BCUT2D eigenvalue weighted by Crippen LogP contribution is -2.15. The van der Waals surface area contributed by atoms with E-state index in [1.54, 1.807) is 7.11 Å². The van der Waals surface area contributed by atoms with Crippen molar-refractivity contribution in [1.29, 1.82) is 0 Å². The Kier molecular flexibility index (Phi) is 3.35. The molecule has 0 saturated heterocycles. The number of anilines is 1. The second-order valence-corrected chi connectivity index (χ2v) is 5.49. The maximum atomic E-state index is 9.81. The van der Waals surface area contributed by atoms with Crippen LogP contribution in [0.15, 0.2) is 42.0 Å². The van der Waals surface area contributed by atoms with E-state index in [4.69, 9.17) is 14.2 Å². The number of nitrogens with one attached hydrogen (secondary N) is 1. The molecule has 0 bridgehead atoms. The van der Waals surface area contributed by atoms with Gasteiger partial charge in [0.15, 0.2) is 11.5 Å². The molecule has 0 fully saturated rings. The number of rotatable bonds is 3. The zero-order valence-electron chi connectivity index (χ0n) is 12.8. The fourth-order valence-electron chi connectivity index (χ4n) is 3.04. The summed E-state index contributed by atoms with van der Waals surface area (Å²) in [6.45, 7) is 0.229. The molecular formula is C18H17NO4.